The van der Waals surface area contributed by atoms with Crippen molar-refractivity contribution in [2.45, 2.75) is 20.3 Å². The molecule has 0 saturated carbocycles. The quantitative estimate of drug-likeness (QED) is 0.655. The fraction of sp³-hybridized carbons (Fsp3) is 0.353. The first-order valence-electron chi connectivity index (χ1n) is 7.76. The highest BCUT2D eigenvalue weighted by molar-refractivity contribution is 6.17. The molecule has 2 rings (SSSR count). The van der Waals surface area contributed by atoms with Gasteiger partial charge in [0.2, 0.25) is 5.91 Å². The summed E-state index contributed by atoms with van der Waals surface area (Å²) in [5, 5.41) is 14.6. The molecule has 3 N–H and O–H groups in total. The van der Waals surface area contributed by atoms with Gasteiger partial charge in [0, 0.05) is 12.5 Å². The number of carbonyl (C=O) groups is 3. The molecule has 128 valence electrons. The molecular formula is C17H21N3O4. The van der Waals surface area contributed by atoms with E-state index in [1.807, 2.05) is 13.8 Å². The average Bonchev–Trinajstić information content (AvgIpc) is 2.76. The minimum atomic E-state index is -0.502. The summed E-state index contributed by atoms with van der Waals surface area (Å²) >= 11 is 0. The van der Waals surface area contributed by atoms with Crippen LogP contribution in [0.4, 0.5) is 11.4 Å². The number of aliphatic hydroxyl groups is 1. The van der Waals surface area contributed by atoms with Crippen LogP contribution in [0.5, 0.6) is 0 Å². The highest BCUT2D eigenvalue weighted by atomic mass is 16.3. The first-order valence-corrected chi connectivity index (χ1v) is 7.76. The van der Waals surface area contributed by atoms with Gasteiger partial charge in [0.15, 0.2) is 0 Å². The maximum Gasteiger partial charge on any atom is 0.277 e. The molecule has 0 fully saturated rings. The molecule has 0 spiro atoms. The summed E-state index contributed by atoms with van der Waals surface area (Å²) in [6, 6.07) is 6.95. The van der Waals surface area contributed by atoms with E-state index in [2.05, 4.69) is 10.6 Å². The predicted molar refractivity (Wildman–Crippen MR) is 90.0 cm³/mol. The molecule has 7 nitrogen and oxygen atoms in total. The Hall–Kier alpha value is -2.67. The predicted octanol–water partition coefficient (Wildman–Crippen LogP) is 1.33. The van der Waals surface area contributed by atoms with Crippen LogP contribution < -0.4 is 10.6 Å². The van der Waals surface area contributed by atoms with Gasteiger partial charge in [-0.25, -0.2) is 0 Å². The molecule has 1 heterocycles. The zero-order valence-corrected chi connectivity index (χ0v) is 13.7. The first-order chi connectivity index (χ1) is 11.4. The highest BCUT2D eigenvalue weighted by Gasteiger charge is 2.30. The Balaban J connectivity index is 2.14. The van der Waals surface area contributed by atoms with Crippen molar-refractivity contribution in [3.63, 3.8) is 0 Å². The Morgan fingerprint density at radius 1 is 1.21 bits per heavy atom. The van der Waals surface area contributed by atoms with Crippen molar-refractivity contribution < 1.29 is 19.5 Å². The second kappa shape index (κ2) is 7.74. The largest absolute Gasteiger partial charge is 0.395 e. The van der Waals surface area contributed by atoms with Gasteiger partial charge in [-0.2, -0.15) is 0 Å². The number of para-hydroxylation sites is 2. The molecule has 0 bridgehead atoms. The number of imide groups is 1. The molecule has 1 aliphatic rings. The monoisotopic (exact) mass is 331 g/mol. The smallest absolute Gasteiger partial charge is 0.277 e. The Morgan fingerprint density at radius 2 is 1.88 bits per heavy atom. The van der Waals surface area contributed by atoms with E-state index in [0.717, 1.165) is 4.90 Å². The molecule has 24 heavy (non-hydrogen) atoms. The van der Waals surface area contributed by atoms with E-state index in [9.17, 15) is 14.4 Å². The molecule has 0 radical (unpaired) electrons. The van der Waals surface area contributed by atoms with Crippen LogP contribution in [0.25, 0.3) is 0 Å². The van der Waals surface area contributed by atoms with Gasteiger partial charge in [-0.15, -0.1) is 0 Å². The van der Waals surface area contributed by atoms with Crippen LogP contribution >= 0.6 is 0 Å². The Bertz CT molecular complexity index is 682. The van der Waals surface area contributed by atoms with Gasteiger partial charge in [0.05, 0.1) is 24.5 Å². The lowest BCUT2D eigenvalue weighted by Crippen LogP contribution is -2.34. The third kappa shape index (κ3) is 4.20. The molecule has 3 amide bonds. The number of nitrogens with one attached hydrogen (secondary N) is 2. The van der Waals surface area contributed by atoms with Crippen LogP contribution in [0.1, 0.15) is 20.3 Å². The maximum atomic E-state index is 12.2. The number of carbonyl (C=O) groups excluding carboxylic acids is 3. The summed E-state index contributed by atoms with van der Waals surface area (Å²) in [5.41, 5.74) is 1.16. The third-order valence-corrected chi connectivity index (χ3v) is 3.40. The molecular weight excluding hydrogens is 310 g/mol. The van der Waals surface area contributed by atoms with Gasteiger partial charge in [-0.3, -0.25) is 19.3 Å². The molecule has 0 atom stereocenters. The van der Waals surface area contributed by atoms with Crippen molar-refractivity contribution in [3.05, 3.63) is 36.0 Å². The topological polar surface area (TPSA) is 98.7 Å². The second-order valence-electron chi connectivity index (χ2n) is 5.89. The van der Waals surface area contributed by atoms with E-state index in [1.54, 1.807) is 24.3 Å². The van der Waals surface area contributed by atoms with E-state index < -0.39 is 11.8 Å². The lowest BCUT2D eigenvalue weighted by Gasteiger charge is -2.15. The van der Waals surface area contributed by atoms with Crippen molar-refractivity contribution in [1.82, 2.24) is 4.90 Å². The number of nitrogens with zero attached hydrogens (tertiary/aromatic N) is 1. The van der Waals surface area contributed by atoms with Crippen LogP contribution in [0.3, 0.4) is 0 Å². The van der Waals surface area contributed by atoms with E-state index >= 15 is 0 Å². The lowest BCUT2D eigenvalue weighted by molar-refractivity contribution is -0.137. The minimum Gasteiger partial charge on any atom is -0.395 e. The van der Waals surface area contributed by atoms with Gasteiger partial charge in [-0.1, -0.05) is 26.0 Å². The molecule has 1 aromatic carbocycles. The van der Waals surface area contributed by atoms with Crippen LogP contribution in [0.15, 0.2) is 36.0 Å². The number of hydrogen-bond acceptors (Lipinski definition) is 5. The van der Waals surface area contributed by atoms with Gasteiger partial charge < -0.3 is 15.7 Å². The fourth-order valence-electron chi connectivity index (χ4n) is 2.33. The van der Waals surface area contributed by atoms with Gasteiger partial charge >= 0.3 is 0 Å². The summed E-state index contributed by atoms with van der Waals surface area (Å²) in [4.78, 5) is 36.8. The lowest BCUT2D eigenvalue weighted by atomic mass is 10.1. The fourth-order valence-corrected chi connectivity index (χ4v) is 2.33. The summed E-state index contributed by atoms with van der Waals surface area (Å²) in [6.07, 6.45) is 1.57. The number of anilines is 2. The van der Waals surface area contributed by atoms with Crippen LogP contribution in [0.2, 0.25) is 0 Å². The zero-order valence-electron chi connectivity index (χ0n) is 13.7. The minimum absolute atomic E-state index is 0.0495. The number of β-amino-alcohol motifs (C(OH)–C–C–N with tert-alkyl or cyclic N) is 1. The number of amides is 3. The molecule has 1 aliphatic heterocycles. The van der Waals surface area contributed by atoms with Crippen LogP contribution in [0, 0.1) is 5.92 Å². The number of rotatable bonds is 7. The van der Waals surface area contributed by atoms with Crippen molar-refractivity contribution in [2.75, 3.05) is 23.8 Å². The molecule has 0 unspecified atom stereocenters. The third-order valence-electron chi connectivity index (χ3n) is 3.40. The number of benzene rings is 1. The van der Waals surface area contributed by atoms with E-state index in [0.29, 0.717) is 17.8 Å². The average molecular weight is 331 g/mol. The Labute approximate surface area is 140 Å². The number of hydrogen-bond donors (Lipinski definition) is 3. The van der Waals surface area contributed by atoms with E-state index in [4.69, 9.17) is 5.11 Å². The first kappa shape index (κ1) is 17.7. The van der Waals surface area contributed by atoms with E-state index in [1.165, 1.54) is 6.08 Å². The second-order valence-corrected chi connectivity index (χ2v) is 5.89. The van der Waals surface area contributed by atoms with Crippen LogP contribution in [-0.4, -0.2) is 40.9 Å². The van der Waals surface area contributed by atoms with E-state index in [-0.39, 0.29) is 30.7 Å². The Kier molecular flexibility index (Phi) is 5.70. The molecule has 7 heteroatoms. The number of aliphatic hydroxyl groups excluding tert-OH is 1. The SMILES string of the molecule is CC(C)CC(=O)Nc1ccccc1NC1=CC(=O)N(CCO)C1=O. The van der Waals surface area contributed by atoms with Gasteiger partial charge in [0.25, 0.3) is 11.8 Å². The molecule has 0 aliphatic carbocycles. The van der Waals surface area contributed by atoms with Crippen molar-refractivity contribution >= 4 is 29.1 Å². The zero-order chi connectivity index (χ0) is 17.7. The van der Waals surface area contributed by atoms with Gasteiger partial charge in [-0.05, 0) is 18.1 Å². The normalized spacial score (nSPS) is 14.2. The summed E-state index contributed by atoms with van der Waals surface area (Å²) in [5.74, 6) is -0.868. The summed E-state index contributed by atoms with van der Waals surface area (Å²) in [6.45, 7) is 3.56. The molecule has 0 saturated heterocycles. The highest BCUT2D eigenvalue weighted by Crippen LogP contribution is 2.25. The standard InChI is InChI=1S/C17H21N3O4/c1-11(2)9-15(22)19-13-6-4-3-5-12(13)18-14-10-16(23)20(7-8-21)17(14)24/h3-6,10-11,18,21H,7-9H2,1-2H3,(H,19,22). The van der Waals surface area contributed by atoms with Crippen molar-refractivity contribution in [2.24, 2.45) is 5.92 Å². The molecule has 0 aromatic heterocycles. The molecule has 1 aromatic rings. The maximum absolute atomic E-state index is 12.2. The van der Waals surface area contributed by atoms with Crippen molar-refractivity contribution in [3.8, 4) is 0 Å². The Morgan fingerprint density at radius 3 is 2.50 bits per heavy atom. The van der Waals surface area contributed by atoms with Gasteiger partial charge in [0.1, 0.15) is 5.70 Å². The summed E-state index contributed by atoms with van der Waals surface area (Å²) in [7, 11) is 0. The van der Waals surface area contributed by atoms with Crippen LogP contribution in [-0.2, 0) is 14.4 Å². The summed E-state index contributed by atoms with van der Waals surface area (Å²) < 4.78 is 0. The van der Waals surface area contributed by atoms with Crippen molar-refractivity contribution in [1.29, 1.82) is 0 Å².